The summed E-state index contributed by atoms with van der Waals surface area (Å²) in [6.45, 7) is 0. The van der Waals surface area contributed by atoms with E-state index in [1.165, 1.54) is 30.3 Å². The molecule has 1 heterocycles. The smallest absolute Gasteiger partial charge is 0.335 e. The largest absolute Gasteiger partial charge is 0.508 e. The van der Waals surface area contributed by atoms with Crippen molar-refractivity contribution in [2.24, 2.45) is 0 Å². The molecule has 0 bridgehead atoms. The maximum absolute atomic E-state index is 11.2. The monoisotopic (exact) mass is 404 g/mol. The van der Waals surface area contributed by atoms with E-state index in [-0.39, 0.29) is 17.2 Å². The summed E-state index contributed by atoms with van der Waals surface area (Å²) in [5.41, 5.74) is 1.31. The minimum atomic E-state index is -1.82. The summed E-state index contributed by atoms with van der Waals surface area (Å²) in [6.07, 6.45) is -5.30. The number of aliphatic hydroxyl groups excluding tert-OH is 3. The lowest BCUT2D eigenvalue weighted by molar-refractivity contribution is -0.271. The van der Waals surface area contributed by atoms with Gasteiger partial charge in [-0.05, 0) is 35.4 Å². The topological polar surface area (TPSA) is 157 Å². The van der Waals surface area contributed by atoms with Crippen molar-refractivity contribution in [2.75, 3.05) is 0 Å². The van der Waals surface area contributed by atoms with E-state index in [0.717, 1.165) is 5.56 Å². The van der Waals surface area contributed by atoms with Crippen LogP contribution in [0.5, 0.6) is 17.2 Å². The molecule has 0 amide bonds. The lowest BCUT2D eigenvalue weighted by atomic mass is 9.99. The van der Waals surface area contributed by atoms with E-state index in [1.807, 2.05) is 0 Å². The number of benzene rings is 2. The number of rotatable bonds is 5. The third-order valence-electron chi connectivity index (χ3n) is 4.34. The van der Waals surface area contributed by atoms with Crippen LogP contribution in [-0.4, -0.2) is 67.3 Å². The summed E-state index contributed by atoms with van der Waals surface area (Å²) >= 11 is 0. The molecule has 0 radical (unpaired) electrons. The number of aliphatic carboxylic acids is 1. The van der Waals surface area contributed by atoms with Gasteiger partial charge in [0.15, 0.2) is 6.10 Å². The predicted octanol–water partition coefficient (Wildman–Crippen LogP) is 0.539. The number of carboxylic acid groups (broad SMARTS) is 1. The van der Waals surface area contributed by atoms with E-state index in [2.05, 4.69) is 0 Å². The summed E-state index contributed by atoms with van der Waals surface area (Å²) in [7, 11) is 0. The highest BCUT2D eigenvalue weighted by atomic mass is 16.7. The van der Waals surface area contributed by atoms with Crippen LogP contribution in [0.25, 0.3) is 12.2 Å². The average Bonchev–Trinajstić information content (AvgIpc) is 2.67. The Balaban J connectivity index is 1.78. The number of phenols is 2. The number of hydrogen-bond acceptors (Lipinski definition) is 8. The van der Waals surface area contributed by atoms with Crippen LogP contribution in [-0.2, 0) is 9.53 Å². The van der Waals surface area contributed by atoms with Crippen molar-refractivity contribution in [3.8, 4) is 17.2 Å². The van der Waals surface area contributed by atoms with Crippen LogP contribution < -0.4 is 4.74 Å². The van der Waals surface area contributed by atoms with Gasteiger partial charge in [0.25, 0.3) is 0 Å². The van der Waals surface area contributed by atoms with Crippen LogP contribution in [0.3, 0.4) is 0 Å². The minimum absolute atomic E-state index is 0.0483. The molecule has 0 aliphatic carbocycles. The molecule has 2 aromatic carbocycles. The first-order chi connectivity index (χ1) is 13.7. The van der Waals surface area contributed by atoms with Gasteiger partial charge in [-0.15, -0.1) is 0 Å². The Morgan fingerprint density at radius 2 is 1.52 bits per heavy atom. The lowest BCUT2D eigenvalue weighted by Gasteiger charge is -2.38. The molecule has 9 nitrogen and oxygen atoms in total. The molecule has 1 fully saturated rings. The van der Waals surface area contributed by atoms with E-state index >= 15 is 0 Å². The number of aromatic hydroxyl groups is 2. The highest BCUT2D eigenvalue weighted by molar-refractivity contribution is 5.73. The van der Waals surface area contributed by atoms with Crippen molar-refractivity contribution in [1.82, 2.24) is 0 Å². The van der Waals surface area contributed by atoms with Crippen molar-refractivity contribution in [1.29, 1.82) is 0 Å². The lowest BCUT2D eigenvalue weighted by Crippen LogP contribution is -2.61. The molecular weight excluding hydrogens is 384 g/mol. The fourth-order valence-corrected chi connectivity index (χ4v) is 2.83. The number of ether oxygens (including phenoxy) is 2. The van der Waals surface area contributed by atoms with Crippen molar-refractivity contribution in [3.63, 3.8) is 0 Å². The van der Waals surface area contributed by atoms with Crippen molar-refractivity contribution >= 4 is 18.1 Å². The fourth-order valence-electron chi connectivity index (χ4n) is 2.83. The molecule has 5 atom stereocenters. The zero-order chi connectivity index (χ0) is 21.1. The molecule has 0 unspecified atom stereocenters. The maximum Gasteiger partial charge on any atom is 0.335 e. The first-order valence-electron chi connectivity index (χ1n) is 8.65. The van der Waals surface area contributed by atoms with E-state index < -0.39 is 36.7 Å². The Morgan fingerprint density at radius 3 is 2.17 bits per heavy atom. The van der Waals surface area contributed by atoms with Crippen molar-refractivity contribution < 1.29 is 44.9 Å². The highest BCUT2D eigenvalue weighted by Gasteiger charge is 2.48. The van der Waals surface area contributed by atoms with Gasteiger partial charge in [-0.3, -0.25) is 0 Å². The molecule has 9 heteroatoms. The van der Waals surface area contributed by atoms with Crippen molar-refractivity contribution in [2.45, 2.75) is 30.7 Å². The Labute approximate surface area is 165 Å². The highest BCUT2D eigenvalue weighted by Crippen LogP contribution is 2.28. The second-order valence-corrected chi connectivity index (χ2v) is 6.54. The van der Waals surface area contributed by atoms with E-state index in [1.54, 1.807) is 24.3 Å². The van der Waals surface area contributed by atoms with Gasteiger partial charge in [-0.2, -0.15) is 0 Å². The van der Waals surface area contributed by atoms with Crippen LogP contribution in [0.2, 0.25) is 0 Å². The van der Waals surface area contributed by atoms with Gasteiger partial charge < -0.3 is 40.1 Å². The second-order valence-electron chi connectivity index (χ2n) is 6.54. The summed E-state index contributed by atoms with van der Waals surface area (Å²) in [5, 5.41) is 57.9. The molecule has 3 rings (SSSR count). The number of phenolic OH excluding ortho intramolecular Hbond substituents is 2. The Kier molecular flexibility index (Phi) is 6.04. The fraction of sp³-hybridized carbons (Fsp3) is 0.250. The summed E-state index contributed by atoms with van der Waals surface area (Å²) in [5.74, 6) is -1.50. The maximum atomic E-state index is 11.2. The molecule has 0 saturated carbocycles. The predicted molar refractivity (Wildman–Crippen MR) is 100 cm³/mol. The van der Waals surface area contributed by atoms with Gasteiger partial charge in [0, 0.05) is 6.07 Å². The number of carboxylic acids is 1. The normalized spacial score (nSPS) is 27.1. The van der Waals surface area contributed by atoms with Gasteiger partial charge in [-0.1, -0.05) is 24.3 Å². The molecule has 1 aliphatic heterocycles. The van der Waals surface area contributed by atoms with Crippen LogP contribution in [0.15, 0.2) is 42.5 Å². The summed E-state index contributed by atoms with van der Waals surface area (Å²) in [4.78, 5) is 11.2. The van der Waals surface area contributed by atoms with E-state index in [0.29, 0.717) is 5.56 Å². The molecule has 2 aromatic rings. The quantitative estimate of drug-likeness (QED) is 0.391. The van der Waals surface area contributed by atoms with E-state index in [9.17, 15) is 30.3 Å². The first-order valence-corrected chi connectivity index (χ1v) is 8.65. The van der Waals surface area contributed by atoms with Crippen molar-refractivity contribution in [3.05, 3.63) is 53.6 Å². The standard InChI is InChI=1S/C20H20O9/c21-12-5-3-10(4-6-12)1-2-11-7-13(22)9-14(8-11)28-20-17(25)15(23)16(24)18(29-20)19(26)27/h1-9,15-18,20-25H,(H,26,27)/t15-,16-,17+,18-,20+/m0/s1. The van der Waals surface area contributed by atoms with Gasteiger partial charge in [-0.25, -0.2) is 4.79 Å². The molecule has 29 heavy (non-hydrogen) atoms. The molecule has 1 aliphatic rings. The van der Waals surface area contributed by atoms with Crippen LogP contribution in [0, 0.1) is 0 Å². The summed E-state index contributed by atoms with van der Waals surface area (Å²) < 4.78 is 10.5. The molecule has 154 valence electrons. The summed E-state index contributed by atoms with van der Waals surface area (Å²) in [6, 6.07) is 10.6. The zero-order valence-electron chi connectivity index (χ0n) is 15.0. The van der Waals surface area contributed by atoms with Crippen LogP contribution >= 0.6 is 0 Å². The molecule has 1 saturated heterocycles. The average molecular weight is 404 g/mol. The number of hydrogen-bond donors (Lipinski definition) is 6. The first kappa shape index (κ1) is 20.6. The van der Waals surface area contributed by atoms with Gasteiger partial charge in [0.05, 0.1) is 0 Å². The molecule has 6 N–H and O–H groups in total. The Bertz CT molecular complexity index is 893. The van der Waals surface area contributed by atoms with Crippen LogP contribution in [0.1, 0.15) is 11.1 Å². The van der Waals surface area contributed by atoms with Gasteiger partial charge >= 0.3 is 5.97 Å². The number of aliphatic hydroxyl groups is 3. The second kappa shape index (κ2) is 8.50. The Morgan fingerprint density at radius 1 is 0.862 bits per heavy atom. The minimum Gasteiger partial charge on any atom is -0.508 e. The van der Waals surface area contributed by atoms with E-state index in [4.69, 9.17) is 14.6 Å². The Hall–Kier alpha value is -3.11. The molecule has 0 aromatic heterocycles. The van der Waals surface area contributed by atoms with Gasteiger partial charge in [0.2, 0.25) is 6.29 Å². The number of carbonyl (C=O) groups is 1. The zero-order valence-corrected chi connectivity index (χ0v) is 15.0. The molecular formula is C20H20O9. The third kappa shape index (κ3) is 4.84. The third-order valence-corrected chi connectivity index (χ3v) is 4.34. The van der Waals surface area contributed by atoms with Gasteiger partial charge in [0.1, 0.15) is 35.6 Å². The van der Waals surface area contributed by atoms with Crippen LogP contribution in [0.4, 0.5) is 0 Å². The SMILES string of the molecule is O=C(O)[C@H]1O[C@@H](Oc2cc(O)cc(C=Cc3ccc(O)cc3)c2)[C@H](O)[C@@H](O)[C@@H]1O. The molecule has 0 spiro atoms.